The third kappa shape index (κ3) is 2.32. The topological polar surface area (TPSA) is 47.1 Å². The maximum atomic E-state index is 5.82. The summed E-state index contributed by atoms with van der Waals surface area (Å²) < 4.78 is 2.30. The number of anilines is 1. The molecule has 0 saturated heterocycles. The lowest BCUT2D eigenvalue weighted by molar-refractivity contribution is 0.226. The molecule has 0 spiro atoms. The summed E-state index contributed by atoms with van der Waals surface area (Å²) in [6.45, 7) is 5.35. The van der Waals surface area contributed by atoms with Gasteiger partial charge >= 0.3 is 0 Å². The molecule has 0 radical (unpaired) electrons. The van der Waals surface area contributed by atoms with Crippen molar-refractivity contribution in [1.82, 2.24) is 14.5 Å². The molecule has 2 N–H and O–H groups in total. The van der Waals surface area contributed by atoms with E-state index in [4.69, 9.17) is 5.73 Å². The van der Waals surface area contributed by atoms with Crippen molar-refractivity contribution < 1.29 is 0 Å². The van der Waals surface area contributed by atoms with E-state index in [0.717, 1.165) is 29.6 Å². The largest absolute Gasteiger partial charge is 0.399 e. The van der Waals surface area contributed by atoms with Crippen molar-refractivity contribution in [1.29, 1.82) is 0 Å². The average molecular weight is 258 g/mol. The van der Waals surface area contributed by atoms with Crippen LogP contribution in [0.15, 0.2) is 18.2 Å². The van der Waals surface area contributed by atoms with Gasteiger partial charge in [0.1, 0.15) is 5.82 Å². The lowest BCUT2D eigenvalue weighted by Crippen LogP contribution is -2.34. The minimum absolute atomic E-state index is 0.529. The molecule has 1 aliphatic carbocycles. The van der Waals surface area contributed by atoms with Crippen LogP contribution < -0.4 is 5.73 Å². The van der Waals surface area contributed by atoms with E-state index in [1.807, 2.05) is 12.1 Å². The summed E-state index contributed by atoms with van der Waals surface area (Å²) in [7, 11) is 2.23. The third-order valence-electron chi connectivity index (χ3n) is 4.23. The van der Waals surface area contributed by atoms with Crippen molar-refractivity contribution in [2.75, 3.05) is 12.8 Å². The summed E-state index contributed by atoms with van der Waals surface area (Å²) in [4.78, 5) is 7.10. The van der Waals surface area contributed by atoms with E-state index in [2.05, 4.69) is 41.4 Å². The molecule has 0 amide bonds. The van der Waals surface area contributed by atoms with Gasteiger partial charge in [0, 0.05) is 24.3 Å². The minimum Gasteiger partial charge on any atom is -0.399 e. The Morgan fingerprint density at radius 2 is 2.21 bits per heavy atom. The molecule has 4 nitrogen and oxygen atoms in total. The highest BCUT2D eigenvalue weighted by Gasteiger charge is 2.29. The number of benzene rings is 1. The van der Waals surface area contributed by atoms with Gasteiger partial charge in [0.05, 0.1) is 11.0 Å². The van der Waals surface area contributed by atoms with Gasteiger partial charge in [0.2, 0.25) is 0 Å². The lowest BCUT2D eigenvalue weighted by atomic mass is 10.2. The Morgan fingerprint density at radius 1 is 1.47 bits per heavy atom. The SMILES string of the molecule is Cc1nc2cc(N)ccc2n1CC(C)N(C)C1CC1. The van der Waals surface area contributed by atoms with E-state index in [9.17, 15) is 0 Å². The standard InChI is InChI=1S/C15H22N4/c1-10(18(3)13-5-6-13)9-19-11(2)17-14-8-12(16)4-7-15(14)19/h4,7-8,10,13H,5-6,9,16H2,1-3H3. The van der Waals surface area contributed by atoms with Crippen molar-refractivity contribution in [3.05, 3.63) is 24.0 Å². The highest BCUT2D eigenvalue weighted by molar-refractivity contribution is 5.79. The first kappa shape index (κ1) is 12.5. The summed E-state index contributed by atoms with van der Waals surface area (Å²) in [5.41, 5.74) is 8.78. The molecule has 4 heteroatoms. The van der Waals surface area contributed by atoms with E-state index >= 15 is 0 Å². The molecular weight excluding hydrogens is 236 g/mol. The summed E-state index contributed by atoms with van der Waals surface area (Å²) in [5.74, 6) is 1.07. The molecule has 1 aliphatic rings. The van der Waals surface area contributed by atoms with Gasteiger partial charge in [-0.05, 0) is 51.9 Å². The Hall–Kier alpha value is -1.55. The van der Waals surface area contributed by atoms with E-state index in [1.54, 1.807) is 0 Å². The van der Waals surface area contributed by atoms with Crippen LogP contribution in [-0.2, 0) is 6.54 Å². The molecule has 1 fully saturated rings. The maximum absolute atomic E-state index is 5.82. The van der Waals surface area contributed by atoms with E-state index < -0.39 is 0 Å². The number of aryl methyl sites for hydroxylation is 1. The van der Waals surface area contributed by atoms with Crippen LogP contribution in [-0.4, -0.2) is 33.6 Å². The lowest BCUT2D eigenvalue weighted by Gasteiger charge is -2.25. The molecule has 0 bridgehead atoms. The first-order valence-electron chi connectivity index (χ1n) is 7.00. The second-order valence-corrected chi connectivity index (χ2v) is 5.76. The van der Waals surface area contributed by atoms with Crippen molar-refractivity contribution in [3.8, 4) is 0 Å². The summed E-state index contributed by atoms with van der Waals surface area (Å²) in [6, 6.07) is 7.31. The zero-order valence-electron chi connectivity index (χ0n) is 11.9. The van der Waals surface area contributed by atoms with Crippen LogP contribution in [0.25, 0.3) is 11.0 Å². The number of rotatable bonds is 4. The maximum Gasteiger partial charge on any atom is 0.106 e. The fourth-order valence-electron chi connectivity index (χ4n) is 2.73. The molecule has 3 rings (SSSR count). The second-order valence-electron chi connectivity index (χ2n) is 5.76. The highest BCUT2D eigenvalue weighted by Crippen LogP contribution is 2.28. The van der Waals surface area contributed by atoms with Gasteiger partial charge in [-0.2, -0.15) is 0 Å². The fraction of sp³-hybridized carbons (Fsp3) is 0.533. The van der Waals surface area contributed by atoms with Crippen molar-refractivity contribution >= 4 is 16.7 Å². The number of nitrogens with zero attached hydrogens (tertiary/aromatic N) is 3. The molecule has 2 aromatic rings. The summed E-state index contributed by atoms with van der Waals surface area (Å²) >= 11 is 0. The predicted octanol–water partition coefficient (Wildman–Crippen LogP) is 2.41. The van der Waals surface area contributed by atoms with Crippen LogP contribution in [0.2, 0.25) is 0 Å². The molecule has 102 valence electrons. The van der Waals surface area contributed by atoms with Gasteiger partial charge in [-0.3, -0.25) is 4.90 Å². The normalized spacial score (nSPS) is 17.3. The van der Waals surface area contributed by atoms with Gasteiger partial charge in [0.15, 0.2) is 0 Å². The summed E-state index contributed by atoms with van der Waals surface area (Å²) in [5, 5.41) is 0. The van der Waals surface area contributed by atoms with Crippen LogP contribution in [0, 0.1) is 6.92 Å². The van der Waals surface area contributed by atoms with Crippen molar-refractivity contribution in [2.24, 2.45) is 0 Å². The number of imidazole rings is 1. The molecule has 0 aliphatic heterocycles. The third-order valence-corrected chi connectivity index (χ3v) is 4.23. The Kier molecular flexibility index (Phi) is 2.97. The second kappa shape index (κ2) is 4.53. The van der Waals surface area contributed by atoms with E-state index in [1.165, 1.54) is 18.4 Å². The number of hydrogen-bond donors (Lipinski definition) is 1. The van der Waals surface area contributed by atoms with Crippen molar-refractivity contribution in [3.63, 3.8) is 0 Å². The molecule has 1 saturated carbocycles. The average Bonchev–Trinajstić information content (AvgIpc) is 3.15. The zero-order valence-corrected chi connectivity index (χ0v) is 11.9. The number of likely N-dealkylation sites (N-methyl/N-ethyl adjacent to an activating group) is 1. The Bertz CT molecular complexity index is 597. The zero-order chi connectivity index (χ0) is 13.6. The molecule has 1 aromatic carbocycles. The molecule has 1 atom stereocenters. The molecule has 1 heterocycles. The van der Waals surface area contributed by atoms with Crippen LogP contribution in [0.1, 0.15) is 25.6 Å². The minimum atomic E-state index is 0.529. The fourth-order valence-corrected chi connectivity index (χ4v) is 2.73. The quantitative estimate of drug-likeness (QED) is 0.857. The Labute approximate surface area is 114 Å². The molecule has 1 unspecified atom stereocenters. The van der Waals surface area contributed by atoms with Gasteiger partial charge in [-0.25, -0.2) is 4.98 Å². The molecular formula is C15H22N4. The monoisotopic (exact) mass is 258 g/mol. The van der Waals surface area contributed by atoms with Crippen LogP contribution in [0.3, 0.4) is 0 Å². The van der Waals surface area contributed by atoms with Gasteiger partial charge < -0.3 is 10.3 Å². The van der Waals surface area contributed by atoms with Crippen LogP contribution in [0.4, 0.5) is 5.69 Å². The number of nitrogens with two attached hydrogens (primary N) is 1. The summed E-state index contributed by atoms with van der Waals surface area (Å²) in [6.07, 6.45) is 2.70. The van der Waals surface area contributed by atoms with Crippen molar-refractivity contribution in [2.45, 2.75) is 45.3 Å². The molecule has 1 aromatic heterocycles. The number of aromatic nitrogens is 2. The van der Waals surface area contributed by atoms with E-state index in [0.29, 0.717) is 6.04 Å². The highest BCUT2D eigenvalue weighted by atomic mass is 15.2. The Morgan fingerprint density at radius 3 is 2.89 bits per heavy atom. The van der Waals surface area contributed by atoms with E-state index in [-0.39, 0.29) is 0 Å². The first-order chi connectivity index (χ1) is 9.06. The van der Waals surface area contributed by atoms with Crippen LogP contribution >= 0.6 is 0 Å². The molecule has 19 heavy (non-hydrogen) atoms. The van der Waals surface area contributed by atoms with Gasteiger partial charge in [0.25, 0.3) is 0 Å². The number of hydrogen-bond acceptors (Lipinski definition) is 3. The smallest absolute Gasteiger partial charge is 0.106 e. The first-order valence-corrected chi connectivity index (χ1v) is 7.00. The predicted molar refractivity (Wildman–Crippen MR) is 79.1 cm³/mol. The number of nitrogen functional groups attached to an aromatic ring is 1. The van der Waals surface area contributed by atoms with Gasteiger partial charge in [-0.1, -0.05) is 0 Å². The Balaban J connectivity index is 1.89. The van der Waals surface area contributed by atoms with Crippen LogP contribution in [0.5, 0.6) is 0 Å². The van der Waals surface area contributed by atoms with Gasteiger partial charge in [-0.15, -0.1) is 0 Å². The number of fused-ring (bicyclic) bond motifs is 1.